The molecule has 0 saturated heterocycles. The molecule has 0 aliphatic rings. The molecule has 3 aromatic carbocycles. The van der Waals surface area contributed by atoms with Crippen molar-refractivity contribution in [2.75, 3.05) is 5.32 Å². The molecule has 3 N–H and O–H groups in total. The first kappa shape index (κ1) is 25.7. The van der Waals surface area contributed by atoms with Crippen LogP contribution in [-0.2, 0) is 12.0 Å². The number of aromatic nitrogens is 2. The van der Waals surface area contributed by atoms with E-state index >= 15 is 0 Å². The maximum Gasteiger partial charge on any atom is 0.320 e. The van der Waals surface area contributed by atoms with E-state index in [0.717, 1.165) is 33.6 Å². The number of anilines is 1. The first-order chi connectivity index (χ1) is 17.6. The van der Waals surface area contributed by atoms with Crippen LogP contribution in [0.5, 0.6) is 11.5 Å². The Balaban J connectivity index is 1.52. The van der Waals surface area contributed by atoms with Crippen molar-refractivity contribution >= 4 is 18.1 Å². The van der Waals surface area contributed by atoms with Gasteiger partial charge in [0.25, 0.3) is 0 Å². The van der Waals surface area contributed by atoms with Gasteiger partial charge in [-0.15, -0.1) is 0 Å². The van der Waals surface area contributed by atoms with E-state index in [1.54, 1.807) is 10.7 Å². The number of amides is 2. The van der Waals surface area contributed by atoms with Gasteiger partial charge in [0.1, 0.15) is 17.3 Å². The zero-order valence-electron chi connectivity index (χ0n) is 21.9. The number of urea groups is 1. The summed E-state index contributed by atoms with van der Waals surface area (Å²) in [5.41, 5.74) is 5.39. The summed E-state index contributed by atoms with van der Waals surface area (Å²) < 4.78 is 7.86. The fourth-order valence-electron chi connectivity index (χ4n) is 3.80. The van der Waals surface area contributed by atoms with E-state index in [2.05, 4.69) is 31.4 Å². The molecular formula is C30H33N5O2. The molecule has 7 nitrogen and oxygen atoms in total. The number of hydrogen-bond donors (Lipinski definition) is 3. The monoisotopic (exact) mass is 495 g/mol. The highest BCUT2D eigenvalue weighted by molar-refractivity contribution is 5.88. The van der Waals surface area contributed by atoms with Crippen molar-refractivity contribution in [3.63, 3.8) is 0 Å². The van der Waals surface area contributed by atoms with Gasteiger partial charge in [-0.25, -0.2) is 9.48 Å². The fraction of sp³-hybridized carbons (Fsp3) is 0.233. The van der Waals surface area contributed by atoms with Crippen molar-refractivity contribution in [1.29, 1.82) is 5.41 Å². The second kappa shape index (κ2) is 10.7. The minimum Gasteiger partial charge on any atom is -0.457 e. The van der Waals surface area contributed by atoms with Gasteiger partial charge in [-0.1, -0.05) is 68.3 Å². The molecule has 37 heavy (non-hydrogen) atoms. The quantitative estimate of drug-likeness (QED) is 0.244. The van der Waals surface area contributed by atoms with Gasteiger partial charge < -0.3 is 15.5 Å². The van der Waals surface area contributed by atoms with E-state index in [1.807, 2.05) is 80.6 Å². The predicted molar refractivity (Wildman–Crippen MR) is 148 cm³/mol. The largest absolute Gasteiger partial charge is 0.457 e. The van der Waals surface area contributed by atoms with Crippen LogP contribution in [0.4, 0.5) is 10.6 Å². The molecular weight excluding hydrogens is 462 g/mol. The zero-order chi connectivity index (χ0) is 26.6. The summed E-state index contributed by atoms with van der Waals surface area (Å²) in [6, 6.07) is 22.8. The van der Waals surface area contributed by atoms with Crippen LogP contribution in [0.15, 0.2) is 72.8 Å². The maximum absolute atomic E-state index is 13.0. The molecule has 0 fully saturated rings. The molecule has 0 aliphatic heterocycles. The van der Waals surface area contributed by atoms with Gasteiger partial charge in [-0.2, -0.15) is 5.10 Å². The minimum atomic E-state index is -0.341. The molecule has 0 bridgehead atoms. The number of nitrogens with one attached hydrogen (secondary N) is 3. The van der Waals surface area contributed by atoms with E-state index in [1.165, 1.54) is 6.21 Å². The summed E-state index contributed by atoms with van der Waals surface area (Å²) in [4.78, 5) is 13.0. The SMILES string of the molecule is Cc1ccc(-n2nc(C(C)(C)C)cc2NC(=O)NCc2cc(C)ccc2Oc2cccc(C=N)c2)cc1. The molecule has 0 radical (unpaired) electrons. The van der Waals surface area contributed by atoms with Crippen LogP contribution >= 0.6 is 0 Å². The number of hydrogen-bond acceptors (Lipinski definition) is 4. The highest BCUT2D eigenvalue weighted by atomic mass is 16.5. The van der Waals surface area contributed by atoms with Gasteiger partial charge in [0.05, 0.1) is 11.4 Å². The first-order valence-corrected chi connectivity index (χ1v) is 12.2. The number of aryl methyl sites for hydroxylation is 2. The lowest BCUT2D eigenvalue weighted by Crippen LogP contribution is -2.29. The number of rotatable bonds is 7. The fourth-order valence-corrected chi connectivity index (χ4v) is 3.80. The van der Waals surface area contributed by atoms with E-state index in [4.69, 9.17) is 15.2 Å². The van der Waals surface area contributed by atoms with E-state index in [9.17, 15) is 4.79 Å². The number of ether oxygens (including phenoxy) is 1. The third kappa shape index (κ3) is 6.44. The molecule has 2 amide bonds. The summed E-state index contributed by atoms with van der Waals surface area (Å²) in [5, 5.41) is 18.2. The summed E-state index contributed by atoms with van der Waals surface area (Å²) >= 11 is 0. The lowest BCUT2D eigenvalue weighted by atomic mass is 9.92. The number of carbonyl (C=O) groups excluding carboxylic acids is 1. The molecule has 190 valence electrons. The van der Waals surface area contributed by atoms with Crippen molar-refractivity contribution in [1.82, 2.24) is 15.1 Å². The Hall–Kier alpha value is -4.39. The van der Waals surface area contributed by atoms with E-state index in [0.29, 0.717) is 17.3 Å². The summed E-state index contributed by atoms with van der Waals surface area (Å²) in [6.45, 7) is 10.6. The molecule has 1 heterocycles. The predicted octanol–water partition coefficient (Wildman–Crippen LogP) is 6.90. The Morgan fingerprint density at radius 1 is 1.00 bits per heavy atom. The lowest BCUT2D eigenvalue weighted by Gasteiger charge is -2.14. The van der Waals surface area contributed by atoms with Crippen LogP contribution in [0.2, 0.25) is 0 Å². The summed E-state index contributed by atoms with van der Waals surface area (Å²) in [6.07, 6.45) is 1.28. The van der Waals surface area contributed by atoms with Crippen LogP contribution in [0.25, 0.3) is 5.69 Å². The van der Waals surface area contributed by atoms with Crippen LogP contribution in [0.3, 0.4) is 0 Å². The third-order valence-corrected chi connectivity index (χ3v) is 5.91. The first-order valence-electron chi connectivity index (χ1n) is 12.2. The standard InChI is InChI=1S/C30H33N5O2/c1-20-9-12-24(13-10-20)35-28(17-27(34-35)30(3,4)5)33-29(36)32-19-23-15-21(2)11-14-26(23)37-25-8-6-7-22(16-25)18-31/h6-18,31H,19H2,1-5H3,(H2,32,33,36). The molecule has 0 atom stereocenters. The second-order valence-corrected chi connectivity index (χ2v) is 10.1. The normalized spacial score (nSPS) is 11.2. The Bertz CT molecular complexity index is 1410. The van der Waals surface area contributed by atoms with Gasteiger partial charge in [0, 0.05) is 29.8 Å². The minimum absolute atomic E-state index is 0.175. The molecule has 0 saturated carbocycles. The summed E-state index contributed by atoms with van der Waals surface area (Å²) in [5.74, 6) is 1.87. The van der Waals surface area contributed by atoms with Crippen molar-refractivity contribution in [2.24, 2.45) is 0 Å². The van der Waals surface area contributed by atoms with Gasteiger partial charge in [0.2, 0.25) is 0 Å². The van der Waals surface area contributed by atoms with Crippen molar-refractivity contribution in [3.05, 3.63) is 101 Å². The Kier molecular flexibility index (Phi) is 7.43. The molecule has 0 unspecified atom stereocenters. The van der Waals surface area contributed by atoms with Crippen molar-refractivity contribution < 1.29 is 9.53 Å². The molecule has 0 spiro atoms. The molecule has 4 rings (SSSR count). The van der Waals surface area contributed by atoms with E-state index < -0.39 is 0 Å². The number of carbonyl (C=O) groups is 1. The Labute approximate surface area is 218 Å². The van der Waals surface area contributed by atoms with Crippen LogP contribution < -0.4 is 15.4 Å². The molecule has 0 aliphatic carbocycles. The highest BCUT2D eigenvalue weighted by Crippen LogP contribution is 2.28. The average molecular weight is 496 g/mol. The van der Waals surface area contributed by atoms with Crippen molar-refractivity contribution in [3.8, 4) is 17.2 Å². The van der Waals surface area contributed by atoms with Gasteiger partial charge in [-0.05, 0) is 49.7 Å². The lowest BCUT2D eigenvalue weighted by molar-refractivity contribution is 0.251. The smallest absolute Gasteiger partial charge is 0.320 e. The second-order valence-electron chi connectivity index (χ2n) is 10.1. The van der Waals surface area contributed by atoms with Crippen LogP contribution in [0.1, 0.15) is 48.7 Å². The number of benzene rings is 3. The van der Waals surface area contributed by atoms with Crippen molar-refractivity contribution in [2.45, 2.75) is 46.6 Å². The highest BCUT2D eigenvalue weighted by Gasteiger charge is 2.21. The van der Waals surface area contributed by atoms with Crippen LogP contribution in [0, 0.1) is 19.3 Å². The van der Waals surface area contributed by atoms with Gasteiger partial charge in [-0.3, -0.25) is 5.32 Å². The Morgan fingerprint density at radius 2 is 1.73 bits per heavy atom. The van der Waals surface area contributed by atoms with Gasteiger partial charge in [0.15, 0.2) is 0 Å². The molecule has 4 aromatic rings. The Morgan fingerprint density at radius 3 is 2.43 bits per heavy atom. The maximum atomic E-state index is 13.0. The molecule has 7 heteroatoms. The topological polar surface area (TPSA) is 92.0 Å². The third-order valence-electron chi connectivity index (χ3n) is 5.91. The zero-order valence-corrected chi connectivity index (χ0v) is 21.9. The van der Waals surface area contributed by atoms with Gasteiger partial charge >= 0.3 is 6.03 Å². The van der Waals surface area contributed by atoms with Crippen LogP contribution in [-0.4, -0.2) is 22.0 Å². The summed E-state index contributed by atoms with van der Waals surface area (Å²) in [7, 11) is 0. The van der Waals surface area contributed by atoms with E-state index in [-0.39, 0.29) is 18.0 Å². The number of nitrogens with zero attached hydrogens (tertiary/aromatic N) is 2. The average Bonchev–Trinajstić information content (AvgIpc) is 3.29. The molecule has 1 aromatic heterocycles.